The van der Waals surface area contributed by atoms with Crippen molar-refractivity contribution in [1.29, 1.82) is 0 Å². The molecule has 0 amide bonds. The molecule has 0 spiro atoms. The zero-order valence-corrected chi connectivity index (χ0v) is 10.5. The molecule has 1 fully saturated rings. The zero-order valence-electron chi connectivity index (χ0n) is 10.5. The summed E-state index contributed by atoms with van der Waals surface area (Å²) in [7, 11) is 1.68. The highest BCUT2D eigenvalue weighted by Crippen LogP contribution is 2.30. The van der Waals surface area contributed by atoms with Crippen molar-refractivity contribution in [2.24, 2.45) is 0 Å². The van der Waals surface area contributed by atoms with E-state index in [1.54, 1.807) is 7.11 Å². The Morgan fingerprint density at radius 2 is 2.12 bits per heavy atom. The number of hydrogen-bond donors (Lipinski definition) is 0. The molecule has 0 N–H and O–H groups in total. The molecule has 1 heterocycles. The van der Waals surface area contributed by atoms with Gasteiger partial charge in [0, 0.05) is 13.5 Å². The molecular formula is C14H20O3. The van der Waals surface area contributed by atoms with Crippen molar-refractivity contribution >= 4 is 0 Å². The van der Waals surface area contributed by atoms with E-state index in [0.717, 1.165) is 12.8 Å². The molecule has 0 aliphatic carbocycles. The maximum absolute atomic E-state index is 5.79. The number of ether oxygens (including phenoxy) is 3. The van der Waals surface area contributed by atoms with Crippen molar-refractivity contribution in [3.63, 3.8) is 0 Å². The van der Waals surface area contributed by atoms with Gasteiger partial charge in [-0.1, -0.05) is 30.3 Å². The third kappa shape index (κ3) is 3.53. The quantitative estimate of drug-likeness (QED) is 0.786. The van der Waals surface area contributed by atoms with E-state index in [2.05, 4.69) is 19.1 Å². The Bertz CT molecular complexity index is 339. The Morgan fingerprint density at radius 3 is 2.76 bits per heavy atom. The van der Waals surface area contributed by atoms with Crippen molar-refractivity contribution in [3.8, 4) is 0 Å². The summed E-state index contributed by atoms with van der Waals surface area (Å²) in [6.07, 6.45) is 1.86. The second-order valence-corrected chi connectivity index (χ2v) is 4.75. The molecule has 3 heteroatoms. The summed E-state index contributed by atoms with van der Waals surface area (Å²) in [5.74, 6) is 0. The molecule has 1 aromatic carbocycles. The van der Waals surface area contributed by atoms with E-state index in [1.165, 1.54) is 5.56 Å². The zero-order chi connectivity index (χ0) is 12.1. The van der Waals surface area contributed by atoms with Crippen LogP contribution in [0.1, 0.15) is 25.3 Å². The van der Waals surface area contributed by atoms with Crippen LogP contribution in [0, 0.1) is 0 Å². The predicted molar refractivity (Wildman–Crippen MR) is 65.6 cm³/mol. The van der Waals surface area contributed by atoms with Crippen molar-refractivity contribution in [2.45, 2.75) is 38.3 Å². The van der Waals surface area contributed by atoms with E-state index < -0.39 is 0 Å². The summed E-state index contributed by atoms with van der Waals surface area (Å²) < 4.78 is 16.7. The van der Waals surface area contributed by atoms with Gasteiger partial charge in [-0.15, -0.1) is 0 Å². The Hall–Kier alpha value is -0.900. The summed E-state index contributed by atoms with van der Waals surface area (Å²) in [5.41, 5.74) is 0.993. The topological polar surface area (TPSA) is 27.7 Å². The molecule has 1 aliphatic rings. The first-order chi connectivity index (χ1) is 8.22. The van der Waals surface area contributed by atoms with Gasteiger partial charge < -0.3 is 14.2 Å². The van der Waals surface area contributed by atoms with Crippen molar-refractivity contribution < 1.29 is 14.2 Å². The summed E-state index contributed by atoms with van der Waals surface area (Å²) >= 11 is 0. The van der Waals surface area contributed by atoms with E-state index in [4.69, 9.17) is 14.2 Å². The highest BCUT2D eigenvalue weighted by Gasteiger charge is 2.36. The molecule has 0 aromatic heterocycles. The van der Waals surface area contributed by atoms with Gasteiger partial charge in [-0.25, -0.2) is 0 Å². The van der Waals surface area contributed by atoms with Crippen LogP contribution in [-0.2, 0) is 20.8 Å². The molecule has 17 heavy (non-hydrogen) atoms. The van der Waals surface area contributed by atoms with Gasteiger partial charge in [0.2, 0.25) is 0 Å². The van der Waals surface area contributed by atoms with Crippen LogP contribution in [0.15, 0.2) is 30.3 Å². The second kappa shape index (κ2) is 5.63. The van der Waals surface area contributed by atoms with Crippen molar-refractivity contribution in [2.75, 3.05) is 13.7 Å². The fourth-order valence-electron chi connectivity index (χ4n) is 2.09. The molecule has 2 rings (SSSR count). The molecule has 0 bridgehead atoms. The minimum absolute atomic E-state index is 0.0691. The van der Waals surface area contributed by atoms with E-state index in [-0.39, 0.29) is 11.9 Å². The smallest absolute Gasteiger partial charge is 0.158 e. The number of benzene rings is 1. The van der Waals surface area contributed by atoms with Gasteiger partial charge in [0.1, 0.15) is 0 Å². The molecule has 0 saturated carbocycles. The van der Waals surface area contributed by atoms with E-state index >= 15 is 0 Å². The third-order valence-electron chi connectivity index (χ3n) is 3.11. The van der Waals surface area contributed by atoms with Gasteiger partial charge in [0.15, 0.2) is 6.29 Å². The Kier molecular flexibility index (Phi) is 4.15. The van der Waals surface area contributed by atoms with Crippen LogP contribution in [-0.4, -0.2) is 25.6 Å². The summed E-state index contributed by atoms with van der Waals surface area (Å²) in [6, 6.07) is 10.2. The standard InChI is InChI=1S/C14H20O3/c1-14(9-8-13(15-2)17-14)11-16-10-12-6-4-3-5-7-12/h3-7,13H,8-11H2,1-2H3/t13?,14-/m0/s1. The Balaban J connectivity index is 1.75. The van der Waals surface area contributed by atoms with Crippen LogP contribution >= 0.6 is 0 Å². The molecule has 94 valence electrons. The summed E-state index contributed by atoms with van der Waals surface area (Å²) in [4.78, 5) is 0. The maximum Gasteiger partial charge on any atom is 0.158 e. The molecule has 3 nitrogen and oxygen atoms in total. The molecule has 2 atom stereocenters. The first-order valence-electron chi connectivity index (χ1n) is 6.04. The largest absolute Gasteiger partial charge is 0.374 e. The minimum Gasteiger partial charge on any atom is -0.374 e. The number of rotatable bonds is 5. The SMILES string of the molecule is COC1CC[C@@](C)(COCc2ccccc2)O1. The monoisotopic (exact) mass is 236 g/mol. The lowest BCUT2D eigenvalue weighted by Crippen LogP contribution is -2.31. The average molecular weight is 236 g/mol. The summed E-state index contributed by atoms with van der Waals surface area (Å²) in [5, 5.41) is 0. The van der Waals surface area contributed by atoms with E-state index in [9.17, 15) is 0 Å². The van der Waals surface area contributed by atoms with Crippen LogP contribution < -0.4 is 0 Å². The van der Waals surface area contributed by atoms with Crippen LogP contribution in [0.4, 0.5) is 0 Å². The lowest BCUT2D eigenvalue weighted by Gasteiger charge is -2.24. The van der Waals surface area contributed by atoms with Gasteiger partial charge in [0.05, 0.1) is 18.8 Å². The fraction of sp³-hybridized carbons (Fsp3) is 0.571. The first kappa shape index (κ1) is 12.6. The molecule has 1 unspecified atom stereocenters. The van der Waals surface area contributed by atoms with Crippen LogP contribution in [0.3, 0.4) is 0 Å². The molecule has 0 radical (unpaired) electrons. The molecule has 1 aliphatic heterocycles. The van der Waals surface area contributed by atoms with Crippen LogP contribution in [0.5, 0.6) is 0 Å². The maximum atomic E-state index is 5.79. The number of methoxy groups -OCH3 is 1. The van der Waals surface area contributed by atoms with Gasteiger partial charge >= 0.3 is 0 Å². The fourth-order valence-corrected chi connectivity index (χ4v) is 2.09. The molecular weight excluding hydrogens is 216 g/mol. The van der Waals surface area contributed by atoms with Crippen molar-refractivity contribution in [3.05, 3.63) is 35.9 Å². The van der Waals surface area contributed by atoms with Gasteiger partial charge in [-0.2, -0.15) is 0 Å². The van der Waals surface area contributed by atoms with Gasteiger partial charge in [-0.3, -0.25) is 0 Å². The van der Waals surface area contributed by atoms with E-state index in [1.807, 2.05) is 18.2 Å². The third-order valence-corrected chi connectivity index (χ3v) is 3.11. The average Bonchev–Trinajstić information content (AvgIpc) is 2.73. The normalized spacial score (nSPS) is 28.5. The highest BCUT2D eigenvalue weighted by molar-refractivity contribution is 5.13. The van der Waals surface area contributed by atoms with Crippen molar-refractivity contribution in [1.82, 2.24) is 0 Å². The second-order valence-electron chi connectivity index (χ2n) is 4.75. The predicted octanol–water partition coefficient (Wildman–Crippen LogP) is 2.74. The first-order valence-corrected chi connectivity index (χ1v) is 6.04. The lowest BCUT2D eigenvalue weighted by molar-refractivity contribution is -0.167. The van der Waals surface area contributed by atoms with Crippen LogP contribution in [0.2, 0.25) is 0 Å². The summed E-state index contributed by atoms with van der Waals surface area (Å²) in [6.45, 7) is 3.33. The molecule has 1 saturated heterocycles. The Labute approximate surface area is 103 Å². The molecule has 1 aromatic rings. The number of hydrogen-bond acceptors (Lipinski definition) is 3. The van der Waals surface area contributed by atoms with Gasteiger partial charge in [0.25, 0.3) is 0 Å². The Morgan fingerprint density at radius 1 is 1.35 bits per heavy atom. The van der Waals surface area contributed by atoms with Gasteiger partial charge in [-0.05, 0) is 18.9 Å². The minimum atomic E-state index is -0.199. The highest BCUT2D eigenvalue weighted by atomic mass is 16.7. The van der Waals surface area contributed by atoms with Crippen LogP contribution in [0.25, 0.3) is 0 Å². The van der Waals surface area contributed by atoms with E-state index in [0.29, 0.717) is 13.2 Å². The lowest BCUT2D eigenvalue weighted by atomic mass is 10.0.